The first-order valence-corrected chi connectivity index (χ1v) is 45.3. The third kappa shape index (κ3) is 37.9. The average Bonchev–Trinajstić information content (AvgIpc) is 1.26. The Morgan fingerprint density at radius 1 is 0.526 bits per heavy atom. The smallest absolute Gasteiger partial charge is 0.475 e. The van der Waals surface area contributed by atoms with Crippen LogP contribution < -0.4 is 97.4 Å². The van der Waals surface area contributed by atoms with E-state index in [0.717, 1.165) is 5.69 Å². The van der Waals surface area contributed by atoms with E-state index in [2.05, 4.69) is 74.0 Å². The number of hydrogen-bond acceptors (Lipinski definition) is 23. The first-order valence-electron chi connectivity index (χ1n) is 43.9. The van der Waals surface area contributed by atoms with Crippen LogP contribution in [0.25, 0.3) is 10.8 Å². The van der Waals surface area contributed by atoms with Gasteiger partial charge in [0, 0.05) is 93.8 Å². The van der Waals surface area contributed by atoms with Crippen molar-refractivity contribution >= 4 is 126 Å². The van der Waals surface area contributed by atoms with Gasteiger partial charge < -0.3 is 107 Å². The number of carbonyl (C=O) groups excluding carboxylic acids is 12. The van der Waals surface area contributed by atoms with E-state index >= 15 is 9.59 Å². The van der Waals surface area contributed by atoms with Crippen molar-refractivity contribution in [3.8, 4) is 0 Å². The lowest BCUT2D eigenvalue weighted by Gasteiger charge is -2.30. The van der Waals surface area contributed by atoms with Crippen LogP contribution in [0.1, 0.15) is 145 Å². The van der Waals surface area contributed by atoms with Gasteiger partial charge in [0.2, 0.25) is 65.0 Å². The zero-order valence-corrected chi connectivity index (χ0v) is 75.9. The molecular weight excluding hydrogens is 1750 g/mol. The zero-order chi connectivity index (χ0) is 97.9. The van der Waals surface area contributed by atoms with Gasteiger partial charge in [0.1, 0.15) is 59.3 Å². The lowest BCUT2D eigenvalue weighted by atomic mass is 10.00. The van der Waals surface area contributed by atoms with Gasteiger partial charge in [-0.25, -0.2) is 4.79 Å². The summed E-state index contributed by atoms with van der Waals surface area (Å²) < 4.78 is 65.4. The van der Waals surface area contributed by atoms with Gasteiger partial charge in [-0.1, -0.05) is 98.8 Å². The van der Waals surface area contributed by atoms with Crippen molar-refractivity contribution in [2.24, 2.45) is 44.8 Å². The Balaban J connectivity index is 0.00000373. The molecule has 0 bridgehead atoms. The number of aliphatic carboxylic acids is 1. The molecule has 1 saturated heterocycles. The molecule has 133 heavy (non-hydrogen) atoms. The van der Waals surface area contributed by atoms with Gasteiger partial charge in [0.25, 0.3) is 16.0 Å². The Bertz CT molecular complexity index is 5030. The Labute approximate surface area is 770 Å². The van der Waals surface area contributed by atoms with Crippen LogP contribution in [0.3, 0.4) is 0 Å². The fraction of sp³-hybridized carbons (Fsp3) is 0.467. The van der Waals surface area contributed by atoms with Crippen LogP contribution in [0.2, 0.25) is 0 Å². The number of amides is 12. The highest BCUT2D eigenvalue weighted by Gasteiger charge is 2.41. The summed E-state index contributed by atoms with van der Waals surface area (Å²) in [6.07, 6.45) is -2.35. The topological polar surface area (TPSA) is 626 Å². The quantitative estimate of drug-likeness (QED) is 0.00847. The highest BCUT2D eigenvalue weighted by molar-refractivity contribution is 7.86. The van der Waals surface area contributed by atoms with Crippen LogP contribution in [0.5, 0.6) is 0 Å². The number of nitrogens with two attached hydrogens (primary N) is 5. The second kappa shape index (κ2) is 55.2. The lowest BCUT2D eigenvalue weighted by Crippen LogP contribution is -2.61. The largest absolute Gasteiger partial charge is 0.490 e. The molecule has 12 amide bonds. The minimum absolute atomic E-state index is 0.00777. The Hall–Kier alpha value is -13.3. The molecule has 0 radical (unpaired) electrons. The summed E-state index contributed by atoms with van der Waals surface area (Å²) in [7, 11) is -0.618. The second-order valence-corrected chi connectivity index (χ2v) is 34.0. The van der Waals surface area contributed by atoms with Crippen LogP contribution in [0, 0.1) is 11.3 Å². The van der Waals surface area contributed by atoms with Crippen LogP contribution in [-0.2, 0) is 80.5 Å². The molecule has 0 unspecified atom stereocenters. The summed E-state index contributed by atoms with van der Waals surface area (Å²) in [5.74, 6) is -11.8. The predicted octanol–water partition coefficient (Wildman–Crippen LogP) is 3.86. The SMILES string of the molecule is CC(C)C[C@H](NC(=O)[C@H](CCCNC(=N)N)NC(=O)[C@H](Cc1ccccc1)NC(=O)[C@H](Cc1ccccc1)NC(=O)[C@H](CCCCN)NC(=O)[C@H](C)NC(=O)[C@@H]1CCCN1C(=O)[C@H](CCCCN)NC(=O)[C@@H](N)CCC(=O)NCCNc1cccc2c(S(=O)(=O)O)cccc12)C(=O)N[C@@H](CCCCNC(=O)c1ccc(N=Nc2ccc(N(C)C)cc2)cc1)C(N)=O.O=C(O)C(F)(F)F. The third-order valence-electron chi connectivity index (χ3n) is 21.3. The van der Waals surface area contributed by atoms with Crippen molar-refractivity contribution < 1.29 is 93.6 Å². The minimum atomic E-state index is -5.08. The number of anilines is 2. The molecule has 10 atom stereocenters. The first kappa shape index (κ1) is 108. The Morgan fingerprint density at radius 3 is 1.53 bits per heavy atom. The number of azo groups is 1. The van der Waals surface area contributed by atoms with Crippen LogP contribution in [-0.4, -0.2) is 232 Å². The molecule has 39 nitrogen and oxygen atoms in total. The number of guanidine groups is 1. The zero-order valence-electron chi connectivity index (χ0n) is 75.1. The summed E-state index contributed by atoms with van der Waals surface area (Å²) in [5.41, 5.74) is 33.8. The normalized spacial score (nSPS) is 14.5. The lowest BCUT2D eigenvalue weighted by molar-refractivity contribution is -0.192. The summed E-state index contributed by atoms with van der Waals surface area (Å²) in [6.45, 7) is 6.31. The van der Waals surface area contributed by atoms with Gasteiger partial charge in [-0.05, 0) is 194 Å². The predicted molar refractivity (Wildman–Crippen MR) is 493 cm³/mol. The number of alkyl halides is 3. The molecule has 7 rings (SSSR count). The molecule has 1 aliphatic heterocycles. The fourth-order valence-corrected chi connectivity index (χ4v) is 14.9. The van der Waals surface area contributed by atoms with Crippen molar-refractivity contribution in [3.05, 3.63) is 162 Å². The molecule has 0 aliphatic carbocycles. The Kier molecular flexibility index (Phi) is 45.0. The molecule has 6 aromatic carbocycles. The number of unbranched alkanes of at least 4 members (excludes halogenated alkanes) is 3. The van der Waals surface area contributed by atoms with E-state index in [1.165, 1.54) is 24.0 Å². The fourth-order valence-electron chi connectivity index (χ4n) is 14.2. The summed E-state index contributed by atoms with van der Waals surface area (Å²) in [5, 5.41) is 57.8. The second-order valence-electron chi connectivity index (χ2n) is 32.6. The number of halogens is 3. The molecule has 25 N–H and O–H groups in total. The number of benzene rings is 6. The molecule has 0 spiro atoms. The van der Waals surface area contributed by atoms with Crippen LogP contribution >= 0.6 is 0 Å². The molecular formula is C90H125F3N22O17S. The highest BCUT2D eigenvalue weighted by atomic mass is 32.2. The number of nitrogens with one attached hydrogen (secondary N) is 13. The molecule has 0 saturated carbocycles. The number of carboxylic acid groups (broad SMARTS) is 1. The number of primary amides is 1. The van der Waals surface area contributed by atoms with Crippen molar-refractivity contribution in [1.29, 1.82) is 5.41 Å². The number of rotatable bonds is 53. The standard InChI is InChI=1S/C88H124N22O15S.C2HF3O2/c1-55(2)52-71(83(118)100-67(77(92)112)28-14-17-47-97-79(114)59-35-37-60(38-36-59)107-108-61-39-41-62(42-40-61)109(4)5)104-82(117)69(32-20-48-98-88(93)94)102-84(119)72(53-57-22-8-6-9-23-57)106-85(120)73(54-58-24-10-7-11-25-58)105-81(116)68(29-12-15-45-89)101-78(113)56(3)99-86(121)74-33-21-51-110(74)87(122)70(30-13-16-46-90)103-80(115)65(91)43-44-76(111)96-50-49-95-66-31-18-27-64-63(66)26-19-34-75(64)126(123,124)125;3-2(4,5)1(6)7/h6-11,18-19,22-27,31,34-42,55-56,65,67-74,95H,12-17,20-21,28-30,32-33,43-54,89-91H2,1-5H3,(H2,92,112)(H,96,111)(H,97,114)(H,99,121)(H,100,118)(H,101,113)(H,102,119)(H,103,115)(H,104,117)(H,105,116)(H,106,120)(H4,93,94,98)(H,123,124,125);(H,6,7)/t56-,65-,67-,68-,69-,70-,71-,72-,73-,74-;/m0./s1. The monoisotopic (exact) mass is 1870 g/mol. The minimum Gasteiger partial charge on any atom is -0.475 e. The number of carboxylic acids is 1. The number of carbonyl (C=O) groups is 13. The van der Waals surface area contributed by atoms with E-state index in [1.54, 1.807) is 109 Å². The van der Waals surface area contributed by atoms with E-state index in [4.69, 9.17) is 44.0 Å². The van der Waals surface area contributed by atoms with Crippen LogP contribution in [0.4, 0.5) is 35.9 Å². The van der Waals surface area contributed by atoms with E-state index in [0.29, 0.717) is 89.5 Å². The summed E-state index contributed by atoms with van der Waals surface area (Å²) in [4.78, 5) is 182. The van der Waals surface area contributed by atoms with E-state index in [1.807, 2.05) is 57.1 Å². The van der Waals surface area contributed by atoms with E-state index in [9.17, 15) is 74.1 Å². The maximum absolute atomic E-state index is 15.1. The molecule has 1 heterocycles. The number of likely N-dealkylation sites (tertiary alicyclic amines) is 1. The number of nitrogens with zero attached hydrogens (tertiary/aromatic N) is 4. The Morgan fingerprint density at radius 2 is 1.00 bits per heavy atom. The van der Waals surface area contributed by atoms with Crippen molar-refractivity contribution in [2.45, 2.75) is 208 Å². The molecule has 1 fully saturated rings. The summed E-state index contributed by atoms with van der Waals surface area (Å²) >= 11 is 0. The number of fused-ring (bicyclic) bond motifs is 1. The van der Waals surface area contributed by atoms with Crippen LogP contribution in [0.15, 0.2) is 161 Å². The third-order valence-corrected chi connectivity index (χ3v) is 22.3. The maximum Gasteiger partial charge on any atom is 0.490 e. The van der Waals surface area contributed by atoms with Crippen molar-refractivity contribution in [2.75, 3.05) is 70.1 Å². The molecule has 6 aromatic rings. The molecule has 724 valence electrons. The highest BCUT2D eigenvalue weighted by Crippen LogP contribution is 2.30. The van der Waals surface area contributed by atoms with Gasteiger partial charge in [-0.3, -0.25) is 67.5 Å². The average molecular weight is 1880 g/mol. The molecule has 0 aromatic heterocycles. The first-order chi connectivity index (χ1) is 63.2. The van der Waals surface area contributed by atoms with Gasteiger partial charge in [-0.15, -0.1) is 0 Å². The number of hydrogen-bond donors (Lipinski definition) is 20. The van der Waals surface area contributed by atoms with E-state index in [-0.39, 0.29) is 139 Å². The van der Waals surface area contributed by atoms with E-state index < -0.39 is 148 Å². The van der Waals surface area contributed by atoms with Gasteiger partial charge in [-0.2, -0.15) is 31.8 Å². The molecule has 1 aliphatic rings. The molecule has 43 heteroatoms. The van der Waals surface area contributed by atoms with Gasteiger partial charge >= 0.3 is 12.1 Å². The summed E-state index contributed by atoms with van der Waals surface area (Å²) in [6, 6.07) is 27.9. The van der Waals surface area contributed by atoms with Gasteiger partial charge in [0.15, 0.2) is 5.96 Å². The maximum atomic E-state index is 15.1. The van der Waals surface area contributed by atoms with Crippen molar-refractivity contribution in [3.63, 3.8) is 0 Å². The van der Waals surface area contributed by atoms with Crippen molar-refractivity contribution in [1.82, 2.24) is 63.4 Å². The van der Waals surface area contributed by atoms with Gasteiger partial charge in [0.05, 0.1) is 17.4 Å².